The highest BCUT2D eigenvalue weighted by atomic mass is 16.5. The maximum absolute atomic E-state index is 11.9. The molecule has 0 radical (unpaired) electrons. The fraction of sp³-hybridized carbons (Fsp3) is 0.238. The van der Waals surface area contributed by atoms with Crippen LogP contribution in [0.3, 0.4) is 0 Å². The number of anilines is 1. The quantitative estimate of drug-likeness (QED) is 0.653. The number of pyridine rings is 1. The SMILES string of the molecule is C=CC(=O)N1CCN(c2nc(-c3ccc(OC)cc3)nc3cnccc23)CC1. The number of carbonyl (C=O) groups is 1. The van der Waals surface area contributed by atoms with Crippen molar-refractivity contribution < 1.29 is 9.53 Å². The van der Waals surface area contributed by atoms with Crippen LogP contribution < -0.4 is 9.64 Å². The zero-order chi connectivity index (χ0) is 19.5. The summed E-state index contributed by atoms with van der Waals surface area (Å²) in [5.74, 6) is 2.26. The highest BCUT2D eigenvalue weighted by Crippen LogP contribution is 2.28. The lowest BCUT2D eigenvalue weighted by Gasteiger charge is -2.35. The summed E-state index contributed by atoms with van der Waals surface area (Å²) in [5.41, 5.74) is 1.70. The van der Waals surface area contributed by atoms with Gasteiger partial charge in [-0.05, 0) is 36.4 Å². The summed E-state index contributed by atoms with van der Waals surface area (Å²) in [5, 5.41) is 0.954. The Morgan fingerprint density at radius 1 is 1.11 bits per heavy atom. The molecule has 0 bridgehead atoms. The van der Waals surface area contributed by atoms with Crippen molar-refractivity contribution in [1.82, 2.24) is 19.9 Å². The van der Waals surface area contributed by atoms with E-state index in [1.54, 1.807) is 24.4 Å². The van der Waals surface area contributed by atoms with Crippen LogP contribution in [0.2, 0.25) is 0 Å². The van der Waals surface area contributed by atoms with Gasteiger partial charge in [0.1, 0.15) is 11.6 Å². The lowest BCUT2D eigenvalue weighted by molar-refractivity contribution is -0.126. The van der Waals surface area contributed by atoms with Gasteiger partial charge in [0, 0.05) is 43.3 Å². The van der Waals surface area contributed by atoms with Gasteiger partial charge in [-0.2, -0.15) is 0 Å². The average Bonchev–Trinajstić information content (AvgIpc) is 2.78. The molecule has 3 aromatic rings. The van der Waals surface area contributed by atoms with Gasteiger partial charge in [0.2, 0.25) is 5.91 Å². The standard InChI is InChI=1S/C21H21N5O2/c1-3-19(27)25-10-12-26(13-11-25)21-17-8-9-22-14-18(17)23-20(24-21)15-4-6-16(28-2)7-5-15/h3-9,14H,1,10-13H2,2H3. The maximum Gasteiger partial charge on any atom is 0.246 e. The second-order valence-corrected chi connectivity index (χ2v) is 6.51. The van der Waals surface area contributed by atoms with Crippen LogP contribution in [0.1, 0.15) is 0 Å². The Labute approximate surface area is 163 Å². The third-order valence-electron chi connectivity index (χ3n) is 4.89. The van der Waals surface area contributed by atoms with Gasteiger partial charge in [0.15, 0.2) is 5.82 Å². The lowest BCUT2D eigenvalue weighted by atomic mass is 10.2. The van der Waals surface area contributed by atoms with E-state index in [0.717, 1.165) is 28.0 Å². The first kappa shape index (κ1) is 17.9. The molecule has 1 fully saturated rings. The summed E-state index contributed by atoms with van der Waals surface area (Å²) >= 11 is 0. The van der Waals surface area contributed by atoms with Gasteiger partial charge in [-0.3, -0.25) is 9.78 Å². The van der Waals surface area contributed by atoms with Crippen LogP contribution in [0.15, 0.2) is 55.4 Å². The minimum Gasteiger partial charge on any atom is -0.497 e. The number of amides is 1. The summed E-state index contributed by atoms with van der Waals surface area (Å²) < 4.78 is 5.23. The van der Waals surface area contributed by atoms with Crippen molar-refractivity contribution in [3.8, 4) is 17.1 Å². The van der Waals surface area contributed by atoms with Crippen LogP contribution in [0.5, 0.6) is 5.75 Å². The van der Waals surface area contributed by atoms with Crippen molar-refractivity contribution in [2.45, 2.75) is 0 Å². The summed E-state index contributed by atoms with van der Waals surface area (Å²) in [4.78, 5) is 29.6. The zero-order valence-electron chi connectivity index (χ0n) is 15.7. The predicted molar refractivity (Wildman–Crippen MR) is 108 cm³/mol. The molecule has 1 aromatic carbocycles. The summed E-state index contributed by atoms with van der Waals surface area (Å²) in [6.45, 7) is 6.26. The highest BCUT2D eigenvalue weighted by Gasteiger charge is 2.22. The molecule has 7 nitrogen and oxygen atoms in total. The number of fused-ring (bicyclic) bond motifs is 1. The smallest absolute Gasteiger partial charge is 0.246 e. The Morgan fingerprint density at radius 3 is 2.54 bits per heavy atom. The molecule has 0 atom stereocenters. The number of rotatable bonds is 4. The van der Waals surface area contributed by atoms with E-state index in [1.807, 2.05) is 30.3 Å². The summed E-state index contributed by atoms with van der Waals surface area (Å²) in [6, 6.07) is 9.61. The van der Waals surface area contributed by atoms with Crippen LogP contribution in [-0.4, -0.2) is 59.0 Å². The first-order valence-electron chi connectivity index (χ1n) is 9.12. The lowest BCUT2D eigenvalue weighted by Crippen LogP contribution is -2.48. The van der Waals surface area contributed by atoms with Crippen molar-refractivity contribution in [1.29, 1.82) is 0 Å². The van der Waals surface area contributed by atoms with Gasteiger partial charge < -0.3 is 14.5 Å². The molecule has 4 rings (SSSR count). The van der Waals surface area contributed by atoms with Crippen molar-refractivity contribution in [3.63, 3.8) is 0 Å². The van der Waals surface area contributed by atoms with Crippen LogP contribution in [0, 0.1) is 0 Å². The van der Waals surface area contributed by atoms with Crippen LogP contribution in [-0.2, 0) is 4.79 Å². The maximum atomic E-state index is 11.9. The molecule has 1 saturated heterocycles. The van der Waals surface area contributed by atoms with E-state index in [4.69, 9.17) is 14.7 Å². The van der Waals surface area contributed by atoms with Gasteiger partial charge >= 0.3 is 0 Å². The van der Waals surface area contributed by atoms with Gasteiger partial charge in [-0.15, -0.1) is 0 Å². The highest BCUT2D eigenvalue weighted by molar-refractivity contribution is 5.91. The molecule has 0 unspecified atom stereocenters. The number of carbonyl (C=O) groups excluding carboxylic acids is 1. The van der Waals surface area contributed by atoms with E-state index in [1.165, 1.54) is 6.08 Å². The second-order valence-electron chi connectivity index (χ2n) is 6.51. The minimum absolute atomic E-state index is 0.0321. The Hall–Kier alpha value is -3.48. The Morgan fingerprint density at radius 2 is 1.86 bits per heavy atom. The fourth-order valence-corrected chi connectivity index (χ4v) is 3.34. The Balaban J connectivity index is 1.71. The molecule has 7 heteroatoms. The van der Waals surface area contributed by atoms with E-state index >= 15 is 0 Å². The van der Waals surface area contributed by atoms with Crippen molar-refractivity contribution >= 4 is 22.6 Å². The molecule has 142 valence electrons. The van der Waals surface area contributed by atoms with Crippen LogP contribution in [0.4, 0.5) is 5.82 Å². The summed E-state index contributed by atoms with van der Waals surface area (Å²) in [7, 11) is 1.64. The number of hydrogen-bond acceptors (Lipinski definition) is 6. The van der Waals surface area contributed by atoms with Crippen molar-refractivity contribution in [2.75, 3.05) is 38.2 Å². The van der Waals surface area contributed by atoms with Crippen molar-refractivity contribution in [3.05, 3.63) is 55.4 Å². The largest absolute Gasteiger partial charge is 0.497 e. The van der Waals surface area contributed by atoms with Gasteiger partial charge in [0.25, 0.3) is 0 Å². The average molecular weight is 375 g/mol. The molecule has 0 spiro atoms. The first-order valence-corrected chi connectivity index (χ1v) is 9.12. The molecule has 0 aliphatic carbocycles. The third-order valence-corrected chi connectivity index (χ3v) is 4.89. The van der Waals surface area contributed by atoms with Crippen LogP contribution in [0.25, 0.3) is 22.3 Å². The molecule has 1 aliphatic heterocycles. The van der Waals surface area contributed by atoms with Crippen LogP contribution >= 0.6 is 0 Å². The van der Waals surface area contributed by atoms with E-state index in [9.17, 15) is 4.79 Å². The molecule has 1 aliphatic rings. The Kier molecular flexibility index (Phi) is 4.89. The molecule has 2 aromatic heterocycles. The molecule has 1 amide bonds. The topological polar surface area (TPSA) is 71.5 Å². The Bertz CT molecular complexity index is 1010. The van der Waals surface area contributed by atoms with Gasteiger partial charge in [0.05, 0.1) is 18.8 Å². The van der Waals surface area contributed by atoms with Gasteiger partial charge in [-0.1, -0.05) is 6.58 Å². The monoisotopic (exact) mass is 375 g/mol. The number of piperazine rings is 1. The zero-order valence-corrected chi connectivity index (χ0v) is 15.7. The number of methoxy groups -OCH3 is 1. The first-order chi connectivity index (χ1) is 13.7. The molecular weight excluding hydrogens is 354 g/mol. The number of benzene rings is 1. The molecule has 0 N–H and O–H groups in total. The van der Waals surface area contributed by atoms with Crippen molar-refractivity contribution in [2.24, 2.45) is 0 Å². The van der Waals surface area contributed by atoms with Gasteiger partial charge in [-0.25, -0.2) is 9.97 Å². The predicted octanol–water partition coefficient (Wildman–Crippen LogP) is 2.54. The molecule has 0 saturated carbocycles. The minimum atomic E-state index is -0.0321. The fourth-order valence-electron chi connectivity index (χ4n) is 3.34. The normalized spacial score (nSPS) is 14.2. The molecule has 3 heterocycles. The number of hydrogen-bond donors (Lipinski definition) is 0. The second kappa shape index (κ2) is 7.64. The van der Waals surface area contributed by atoms with E-state index < -0.39 is 0 Å². The number of aromatic nitrogens is 3. The third kappa shape index (κ3) is 3.38. The molecular formula is C21H21N5O2. The van der Waals surface area contributed by atoms with E-state index in [2.05, 4.69) is 16.5 Å². The van der Waals surface area contributed by atoms with E-state index in [-0.39, 0.29) is 5.91 Å². The van der Waals surface area contributed by atoms with E-state index in [0.29, 0.717) is 32.0 Å². The summed E-state index contributed by atoms with van der Waals surface area (Å²) in [6.07, 6.45) is 4.87. The molecule has 28 heavy (non-hydrogen) atoms. The number of nitrogens with zero attached hydrogens (tertiary/aromatic N) is 5. The number of ether oxygens (including phenoxy) is 1.